The molecule has 2 fully saturated rings. The highest BCUT2D eigenvalue weighted by molar-refractivity contribution is 7.13. The Hall–Kier alpha value is -1.02. The Bertz CT molecular complexity index is 462. The van der Waals surface area contributed by atoms with Gasteiger partial charge in [-0.25, -0.2) is 4.98 Å². The van der Waals surface area contributed by atoms with Crippen molar-refractivity contribution in [2.24, 2.45) is 5.92 Å². The van der Waals surface area contributed by atoms with Crippen LogP contribution in [0.25, 0.3) is 0 Å². The molecule has 116 valence electrons. The number of carbonyl (C=O) groups excluding carboxylic acids is 1. The average Bonchev–Trinajstić information content (AvgIpc) is 3.17. The van der Waals surface area contributed by atoms with Gasteiger partial charge in [0.25, 0.3) is 0 Å². The van der Waals surface area contributed by atoms with Gasteiger partial charge >= 0.3 is 0 Å². The maximum atomic E-state index is 12.7. The predicted octanol–water partition coefficient (Wildman–Crippen LogP) is 0.843. The van der Waals surface area contributed by atoms with Crippen LogP contribution in [0.15, 0.2) is 11.6 Å². The standard InChI is InChI=1S/C14H21N3O3S/c1-16-4-6-20-12(8-16)9-17(14-15-3-7-21-14)13(18)11-2-5-19-10-11/h3,7,11-12H,2,4-6,8-10H2,1H3/t11-,12+/m0/s1. The number of amides is 1. The zero-order valence-electron chi connectivity index (χ0n) is 12.2. The molecule has 0 radical (unpaired) electrons. The molecule has 1 amide bonds. The number of morpholine rings is 1. The van der Waals surface area contributed by atoms with Crippen molar-refractivity contribution in [1.29, 1.82) is 0 Å². The van der Waals surface area contributed by atoms with Crippen LogP contribution >= 0.6 is 11.3 Å². The van der Waals surface area contributed by atoms with Crippen molar-refractivity contribution >= 4 is 22.4 Å². The second kappa shape index (κ2) is 6.83. The fraction of sp³-hybridized carbons (Fsp3) is 0.714. The van der Waals surface area contributed by atoms with Crippen molar-refractivity contribution in [2.75, 3.05) is 51.4 Å². The molecule has 2 atom stereocenters. The maximum absolute atomic E-state index is 12.7. The lowest BCUT2D eigenvalue weighted by Crippen LogP contribution is -2.49. The number of ether oxygens (including phenoxy) is 2. The molecule has 1 aromatic rings. The van der Waals surface area contributed by atoms with Gasteiger partial charge in [-0.2, -0.15) is 0 Å². The van der Waals surface area contributed by atoms with E-state index in [4.69, 9.17) is 9.47 Å². The molecular weight excluding hydrogens is 290 g/mol. The van der Waals surface area contributed by atoms with Gasteiger partial charge in [-0.05, 0) is 13.5 Å². The lowest BCUT2D eigenvalue weighted by molar-refractivity contribution is -0.123. The molecule has 3 rings (SSSR count). The zero-order chi connectivity index (χ0) is 14.7. The Morgan fingerprint density at radius 1 is 1.57 bits per heavy atom. The lowest BCUT2D eigenvalue weighted by Gasteiger charge is -2.33. The maximum Gasteiger partial charge on any atom is 0.234 e. The number of hydrogen-bond donors (Lipinski definition) is 0. The fourth-order valence-electron chi connectivity index (χ4n) is 2.74. The third-order valence-corrected chi connectivity index (χ3v) is 4.72. The van der Waals surface area contributed by atoms with E-state index >= 15 is 0 Å². The summed E-state index contributed by atoms with van der Waals surface area (Å²) in [5.41, 5.74) is 0. The van der Waals surface area contributed by atoms with Gasteiger partial charge in [0.1, 0.15) is 0 Å². The summed E-state index contributed by atoms with van der Waals surface area (Å²) in [6.07, 6.45) is 2.57. The molecule has 21 heavy (non-hydrogen) atoms. The number of anilines is 1. The summed E-state index contributed by atoms with van der Waals surface area (Å²) in [4.78, 5) is 21.1. The van der Waals surface area contributed by atoms with Crippen LogP contribution in [0.2, 0.25) is 0 Å². The number of nitrogens with zero attached hydrogens (tertiary/aromatic N) is 3. The highest BCUT2D eigenvalue weighted by Gasteiger charge is 2.32. The minimum Gasteiger partial charge on any atom is -0.381 e. The molecule has 0 aromatic carbocycles. The van der Waals surface area contributed by atoms with Crippen LogP contribution in [0.5, 0.6) is 0 Å². The van der Waals surface area contributed by atoms with Crippen molar-refractivity contribution in [3.8, 4) is 0 Å². The van der Waals surface area contributed by atoms with E-state index in [1.165, 1.54) is 11.3 Å². The van der Waals surface area contributed by atoms with Crippen LogP contribution in [0, 0.1) is 5.92 Å². The number of thiazole rings is 1. The monoisotopic (exact) mass is 311 g/mol. The second-order valence-electron chi connectivity index (χ2n) is 5.58. The van der Waals surface area contributed by atoms with Crippen molar-refractivity contribution < 1.29 is 14.3 Å². The van der Waals surface area contributed by atoms with Gasteiger partial charge < -0.3 is 14.4 Å². The molecule has 1 aromatic heterocycles. The van der Waals surface area contributed by atoms with Crippen LogP contribution in [0.4, 0.5) is 5.13 Å². The molecule has 0 unspecified atom stereocenters. The van der Waals surface area contributed by atoms with E-state index < -0.39 is 0 Å². The van der Waals surface area contributed by atoms with Gasteiger partial charge in [0, 0.05) is 31.3 Å². The summed E-state index contributed by atoms with van der Waals surface area (Å²) in [5, 5.41) is 2.65. The molecule has 2 aliphatic heterocycles. The Labute approximate surface area is 128 Å². The van der Waals surface area contributed by atoms with E-state index in [1.54, 1.807) is 11.1 Å². The minimum absolute atomic E-state index is 0.0407. The van der Waals surface area contributed by atoms with E-state index in [2.05, 4.69) is 16.9 Å². The van der Waals surface area contributed by atoms with Crippen LogP contribution in [-0.2, 0) is 14.3 Å². The number of aromatic nitrogens is 1. The van der Waals surface area contributed by atoms with Gasteiger partial charge in [-0.3, -0.25) is 9.69 Å². The van der Waals surface area contributed by atoms with Crippen LogP contribution in [0.1, 0.15) is 6.42 Å². The Balaban J connectivity index is 1.71. The van der Waals surface area contributed by atoms with Crippen LogP contribution in [0.3, 0.4) is 0 Å². The smallest absolute Gasteiger partial charge is 0.234 e. The topological polar surface area (TPSA) is 54.9 Å². The van der Waals surface area contributed by atoms with Gasteiger partial charge in [0.15, 0.2) is 5.13 Å². The first-order valence-electron chi connectivity index (χ1n) is 7.33. The van der Waals surface area contributed by atoms with Gasteiger partial charge in [-0.15, -0.1) is 11.3 Å². The van der Waals surface area contributed by atoms with E-state index in [-0.39, 0.29) is 17.9 Å². The van der Waals surface area contributed by atoms with Crippen LogP contribution in [-0.4, -0.2) is 68.4 Å². The molecule has 0 bridgehead atoms. The SMILES string of the molecule is CN1CCO[C@@H](CN(C(=O)[C@H]2CCOC2)c2nccs2)C1. The summed E-state index contributed by atoms with van der Waals surface area (Å²) in [5.74, 6) is 0.0643. The molecule has 0 N–H and O–H groups in total. The van der Waals surface area contributed by atoms with Crippen molar-refractivity contribution in [3.63, 3.8) is 0 Å². The molecule has 2 saturated heterocycles. The molecular formula is C14H21N3O3S. The molecule has 0 aliphatic carbocycles. The fourth-order valence-corrected chi connectivity index (χ4v) is 3.40. The minimum atomic E-state index is -0.0461. The summed E-state index contributed by atoms with van der Waals surface area (Å²) in [6, 6.07) is 0. The molecule has 3 heterocycles. The third-order valence-electron chi connectivity index (χ3n) is 3.92. The van der Waals surface area contributed by atoms with Gasteiger partial charge in [-0.1, -0.05) is 0 Å². The number of rotatable bonds is 4. The van der Waals surface area contributed by atoms with Crippen molar-refractivity contribution in [1.82, 2.24) is 9.88 Å². The normalized spacial score (nSPS) is 26.9. The second-order valence-corrected chi connectivity index (χ2v) is 6.45. The summed E-state index contributed by atoms with van der Waals surface area (Å²) in [7, 11) is 2.08. The first-order chi connectivity index (χ1) is 10.2. The van der Waals surface area contributed by atoms with Gasteiger partial charge in [0.05, 0.1) is 31.8 Å². The Kier molecular flexibility index (Phi) is 4.84. The van der Waals surface area contributed by atoms with E-state index in [9.17, 15) is 4.79 Å². The molecule has 0 spiro atoms. The third kappa shape index (κ3) is 3.60. The summed E-state index contributed by atoms with van der Waals surface area (Å²) >= 11 is 1.49. The van der Waals surface area contributed by atoms with E-state index in [0.29, 0.717) is 26.4 Å². The predicted molar refractivity (Wildman–Crippen MR) is 80.6 cm³/mol. The first kappa shape index (κ1) is 14.9. The Morgan fingerprint density at radius 3 is 3.14 bits per heavy atom. The summed E-state index contributed by atoms with van der Waals surface area (Å²) < 4.78 is 11.1. The highest BCUT2D eigenvalue weighted by Crippen LogP contribution is 2.24. The van der Waals surface area contributed by atoms with E-state index in [1.807, 2.05) is 5.38 Å². The average molecular weight is 311 g/mol. The summed E-state index contributed by atoms with van der Waals surface area (Å²) in [6.45, 7) is 4.26. The van der Waals surface area contributed by atoms with Gasteiger partial charge in [0.2, 0.25) is 5.91 Å². The quantitative estimate of drug-likeness (QED) is 0.825. The largest absolute Gasteiger partial charge is 0.381 e. The molecule has 7 heteroatoms. The van der Waals surface area contributed by atoms with Crippen LogP contribution < -0.4 is 4.90 Å². The Morgan fingerprint density at radius 2 is 2.48 bits per heavy atom. The number of likely N-dealkylation sites (N-methyl/N-ethyl adjacent to an activating group) is 1. The van der Waals surface area contributed by atoms with E-state index in [0.717, 1.165) is 24.6 Å². The molecule has 0 saturated carbocycles. The zero-order valence-corrected chi connectivity index (χ0v) is 13.1. The first-order valence-corrected chi connectivity index (χ1v) is 8.21. The molecule has 6 nitrogen and oxygen atoms in total. The lowest BCUT2D eigenvalue weighted by atomic mass is 10.1. The van der Waals surface area contributed by atoms with Crippen molar-refractivity contribution in [2.45, 2.75) is 12.5 Å². The highest BCUT2D eigenvalue weighted by atomic mass is 32.1. The molecule has 2 aliphatic rings. The number of hydrogen-bond acceptors (Lipinski definition) is 6. The van der Waals surface area contributed by atoms with Crippen molar-refractivity contribution in [3.05, 3.63) is 11.6 Å². The number of carbonyl (C=O) groups is 1.